The minimum atomic E-state index is 0.643. The lowest BCUT2D eigenvalue weighted by Gasteiger charge is -2.16. The predicted octanol–water partition coefficient (Wildman–Crippen LogP) is 12.9. The van der Waals surface area contributed by atoms with Crippen molar-refractivity contribution in [1.29, 1.82) is 0 Å². The van der Waals surface area contributed by atoms with Crippen LogP contribution in [0.15, 0.2) is 176 Å². The van der Waals surface area contributed by atoms with Crippen molar-refractivity contribution in [1.82, 2.24) is 15.0 Å². The molecule has 2 heterocycles. The first kappa shape index (κ1) is 29.4. The highest BCUT2D eigenvalue weighted by Gasteiger charge is 2.21. The molecule has 0 N–H and O–H groups in total. The van der Waals surface area contributed by atoms with E-state index in [0.717, 1.165) is 44.2 Å². The molecule has 0 saturated heterocycles. The van der Waals surface area contributed by atoms with Gasteiger partial charge in [0.15, 0.2) is 17.5 Å². The van der Waals surface area contributed by atoms with Gasteiger partial charge in [0.1, 0.15) is 0 Å². The first-order valence-electron chi connectivity index (χ1n) is 17.1. The Morgan fingerprint density at radius 3 is 1.73 bits per heavy atom. The van der Waals surface area contributed by atoms with Crippen molar-refractivity contribution in [3.63, 3.8) is 0 Å². The van der Waals surface area contributed by atoms with Crippen LogP contribution in [0.1, 0.15) is 0 Å². The Hall–Kier alpha value is -6.49. The van der Waals surface area contributed by atoms with Gasteiger partial charge in [0.05, 0.1) is 0 Å². The van der Waals surface area contributed by atoms with Crippen molar-refractivity contribution in [2.24, 2.45) is 0 Å². The Kier molecular flexibility index (Phi) is 7.00. The number of hydrogen-bond acceptors (Lipinski definition) is 4. The van der Waals surface area contributed by atoms with Crippen LogP contribution in [-0.2, 0) is 0 Å². The third kappa shape index (κ3) is 5.08. The molecule has 0 atom stereocenters. The second kappa shape index (κ2) is 12.1. The Bertz CT molecular complexity index is 2900. The zero-order valence-corrected chi connectivity index (χ0v) is 28.3. The number of thiophene rings is 1. The smallest absolute Gasteiger partial charge is 0.165 e. The van der Waals surface area contributed by atoms with E-state index >= 15 is 0 Å². The van der Waals surface area contributed by atoms with Crippen LogP contribution < -0.4 is 0 Å². The van der Waals surface area contributed by atoms with E-state index in [1.165, 1.54) is 36.5 Å². The number of nitrogens with zero attached hydrogens (tertiary/aromatic N) is 3. The van der Waals surface area contributed by atoms with E-state index in [-0.39, 0.29) is 0 Å². The summed E-state index contributed by atoms with van der Waals surface area (Å²) in [6.07, 6.45) is 0. The molecule has 2 aromatic heterocycles. The summed E-state index contributed by atoms with van der Waals surface area (Å²) in [7, 11) is 0. The molecule has 10 aromatic rings. The highest BCUT2D eigenvalue weighted by molar-refractivity contribution is 7.26. The van der Waals surface area contributed by atoms with Crippen molar-refractivity contribution >= 4 is 53.1 Å². The van der Waals surface area contributed by atoms with Gasteiger partial charge in [0.25, 0.3) is 0 Å². The fraction of sp³-hybridized carbons (Fsp3) is 0. The van der Waals surface area contributed by atoms with Crippen molar-refractivity contribution in [3.05, 3.63) is 176 Å². The molecule has 51 heavy (non-hydrogen) atoms. The van der Waals surface area contributed by atoms with E-state index in [1.807, 2.05) is 6.07 Å². The van der Waals surface area contributed by atoms with Gasteiger partial charge in [-0.1, -0.05) is 164 Å². The van der Waals surface area contributed by atoms with Gasteiger partial charge in [-0.25, -0.2) is 15.0 Å². The van der Waals surface area contributed by atoms with E-state index in [9.17, 15) is 0 Å². The highest BCUT2D eigenvalue weighted by atomic mass is 32.1. The van der Waals surface area contributed by atoms with Crippen LogP contribution in [0.3, 0.4) is 0 Å². The molecule has 0 bridgehead atoms. The van der Waals surface area contributed by atoms with Crippen LogP contribution in [0, 0.1) is 0 Å². The van der Waals surface area contributed by atoms with Crippen LogP contribution in [0.25, 0.3) is 98.1 Å². The topological polar surface area (TPSA) is 38.7 Å². The molecule has 8 aromatic carbocycles. The molecular formula is C47H29N3S. The third-order valence-electron chi connectivity index (χ3n) is 9.76. The van der Waals surface area contributed by atoms with E-state index in [0.29, 0.717) is 17.5 Å². The molecule has 0 radical (unpaired) electrons. The molecule has 10 rings (SSSR count). The van der Waals surface area contributed by atoms with E-state index in [2.05, 4.69) is 170 Å². The summed E-state index contributed by atoms with van der Waals surface area (Å²) in [4.78, 5) is 15.9. The summed E-state index contributed by atoms with van der Waals surface area (Å²) >= 11 is 1.79. The lowest BCUT2D eigenvalue weighted by atomic mass is 9.90. The Labute approximate surface area is 299 Å². The van der Waals surface area contributed by atoms with Crippen LogP contribution in [-0.4, -0.2) is 15.0 Å². The van der Waals surface area contributed by atoms with Crippen molar-refractivity contribution in [2.75, 3.05) is 0 Å². The molecule has 3 nitrogen and oxygen atoms in total. The Balaban J connectivity index is 1.26. The van der Waals surface area contributed by atoms with Crippen LogP contribution in [0.4, 0.5) is 0 Å². The number of aromatic nitrogens is 3. The van der Waals surface area contributed by atoms with E-state index in [4.69, 9.17) is 15.0 Å². The second-order valence-electron chi connectivity index (χ2n) is 12.8. The zero-order chi connectivity index (χ0) is 33.7. The largest absolute Gasteiger partial charge is 0.208 e. The summed E-state index contributed by atoms with van der Waals surface area (Å²) in [6.45, 7) is 0. The van der Waals surface area contributed by atoms with Gasteiger partial charge >= 0.3 is 0 Å². The quantitative estimate of drug-likeness (QED) is 0.183. The summed E-state index contributed by atoms with van der Waals surface area (Å²) < 4.78 is 2.42. The average molecular weight is 668 g/mol. The fourth-order valence-corrected chi connectivity index (χ4v) is 8.51. The Morgan fingerprint density at radius 1 is 0.314 bits per heavy atom. The summed E-state index contributed by atoms with van der Waals surface area (Å²) in [6, 6.07) is 62.1. The van der Waals surface area contributed by atoms with Gasteiger partial charge in [0, 0.05) is 36.9 Å². The monoisotopic (exact) mass is 667 g/mol. The maximum atomic E-state index is 5.39. The number of rotatable bonds is 5. The number of benzene rings is 8. The average Bonchev–Trinajstić information content (AvgIpc) is 3.59. The maximum Gasteiger partial charge on any atom is 0.165 e. The van der Waals surface area contributed by atoms with E-state index in [1.54, 1.807) is 11.3 Å². The normalized spacial score (nSPS) is 11.5. The molecule has 4 heteroatoms. The molecule has 0 fully saturated rings. The van der Waals surface area contributed by atoms with Gasteiger partial charge in [-0.3, -0.25) is 0 Å². The highest BCUT2D eigenvalue weighted by Crippen LogP contribution is 2.43. The molecule has 0 amide bonds. The van der Waals surface area contributed by atoms with Crippen molar-refractivity contribution in [3.8, 4) is 56.4 Å². The lowest BCUT2D eigenvalue weighted by molar-refractivity contribution is 1.08. The van der Waals surface area contributed by atoms with Gasteiger partial charge < -0.3 is 0 Å². The van der Waals surface area contributed by atoms with Gasteiger partial charge in [0.2, 0.25) is 0 Å². The summed E-state index contributed by atoms with van der Waals surface area (Å²) in [5.74, 6) is 1.96. The maximum absolute atomic E-state index is 5.39. The lowest BCUT2D eigenvalue weighted by Crippen LogP contribution is -2.02. The van der Waals surface area contributed by atoms with E-state index < -0.39 is 0 Å². The van der Waals surface area contributed by atoms with Crippen molar-refractivity contribution in [2.45, 2.75) is 0 Å². The minimum absolute atomic E-state index is 0.643. The Morgan fingerprint density at radius 2 is 0.882 bits per heavy atom. The summed E-state index contributed by atoms with van der Waals surface area (Å²) in [5, 5.41) is 7.09. The first-order valence-corrected chi connectivity index (χ1v) is 17.9. The molecule has 0 aliphatic carbocycles. The molecule has 0 aliphatic heterocycles. The molecule has 0 saturated carbocycles. The number of fused-ring (bicyclic) bond motifs is 5. The van der Waals surface area contributed by atoms with Gasteiger partial charge in [-0.15, -0.1) is 11.3 Å². The SMILES string of the molecule is c1ccc(-c2ccc(-c3nc(-c4c(-c5cccc6ccccc56)ccc5ccccc45)nc(-c4cccc5c4sc4ccccc45)n3)cc2)cc1. The van der Waals surface area contributed by atoms with Gasteiger partial charge in [-0.2, -0.15) is 0 Å². The first-order chi connectivity index (χ1) is 25.3. The second-order valence-corrected chi connectivity index (χ2v) is 13.8. The third-order valence-corrected chi connectivity index (χ3v) is 11.0. The molecular weight excluding hydrogens is 639 g/mol. The molecule has 0 spiro atoms. The van der Waals surface area contributed by atoms with Crippen LogP contribution in [0.5, 0.6) is 0 Å². The number of hydrogen-bond donors (Lipinski definition) is 0. The fourth-order valence-electron chi connectivity index (χ4n) is 7.30. The predicted molar refractivity (Wildman–Crippen MR) is 215 cm³/mol. The summed E-state index contributed by atoms with van der Waals surface area (Å²) in [5.41, 5.74) is 7.51. The van der Waals surface area contributed by atoms with Gasteiger partial charge in [-0.05, 0) is 55.9 Å². The van der Waals surface area contributed by atoms with Crippen LogP contribution in [0.2, 0.25) is 0 Å². The van der Waals surface area contributed by atoms with Crippen LogP contribution >= 0.6 is 11.3 Å². The molecule has 0 unspecified atom stereocenters. The minimum Gasteiger partial charge on any atom is -0.208 e. The standard InChI is InChI=1S/C47H29N3S/c1-2-12-30(13-3-1)31-24-26-34(27-25-31)45-48-46(41-22-11-21-40-38-19-8-9-23-42(38)51-44(40)41)50-47(49-45)43-36-18-7-5-15-33(36)28-29-39(43)37-20-10-16-32-14-4-6-17-35(32)37/h1-29H. The molecule has 238 valence electrons. The van der Waals surface area contributed by atoms with Crippen molar-refractivity contribution < 1.29 is 0 Å². The zero-order valence-electron chi connectivity index (χ0n) is 27.5. The molecule has 0 aliphatic rings.